The molecular weight excluding hydrogens is 302 g/mol. The predicted octanol–water partition coefficient (Wildman–Crippen LogP) is 4.68. The van der Waals surface area contributed by atoms with Gasteiger partial charge in [0, 0.05) is 21.8 Å². The van der Waals surface area contributed by atoms with Crippen molar-refractivity contribution in [1.29, 1.82) is 0 Å². The zero-order valence-electron chi connectivity index (χ0n) is 11.1. The Hall–Kier alpha value is -1.32. The van der Waals surface area contributed by atoms with Crippen molar-refractivity contribution in [3.8, 4) is 0 Å². The lowest BCUT2D eigenvalue weighted by Crippen LogP contribution is -2.09. The van der Waals surface area contributed by atoms with E-state index in [2.05, 4.69) is 40.3 Å². The molecule has 0 aliphatic rings. The fraction of sp³-hybridized carbons (Fsp3) is 0.250. The minimum Gasteiger partial charge on any atom is -0.389 e. The second kappa shape index (κ2) is 6.22. The lowest BCUT2D eigenvalue weighted by atomic mass is 10.1. The first-order valence-electron chi connectivity index (χ1n) is 6.37. The number of anilines is 1. The van der Waals surface area contributed by atoms with Crippen molar-refractivity contribution in [3.05, 3.63) is 64.1 Å². The van der Waals surface area contributed by atoms with Gasteiger partial charge in [-0.05, 0) is 37.6 Å². The van der Waals surface area contributed by atoms with E-state index in [0.29, 0.717) is 0 Å². The van der Waals surface area contributed by atoms with Crippen LogP contribution in [-0.4, -0.2) is 5.11 Å². The van der Waals surface area contributed by atoms with Crippen LogP contribution in [0.1, 0.15) is 37.1 Å². The summed E-state index contributed by atoms with van der Waals surface area (Å²) >= 11 is 3.44. The van der Waals surface area contributed by atoms with Crippen molar-refractivity contribution < 1.29 is 5.11 Å². The highest BCUT2D eigenvalue weighted by atomic mass is 79.9. The molecule has 0 saturated heterocycles. The summed E-state index contributed by atoms with van der Waals surface area (Å²) in [5.74, 6) is 0. The molecule has 2 nitrogen and oxygen atoms in total. The Balaban J connectivity index is 2.19. The summed E-state index contributed by atoms with van der Waals surface area (Å²) in [6.45, 7) is 3.90. The number of benzene rings is 2. The zero-order chi connectivity index (χ0) is 13.8. The largest absolute Gasteiger partial charge is 0.389 e. The van der Waals surface area contributed by atoms with Crippen LogP contribution in [0, 0.1) is 0 Å². The molecule has 2 aromatic carbocycles. The van der Waals surface area contributed by atoms with Crippen LogP contribution >= 0.6 is 15.9 Å². The second-order valence-electron chi connectivity index (χ2n) is 4.68. The molecule has 0 fully saturated rings. The molecule has 0 radical (unpaired) electrons. The Morgan fingerprint density at radius 2 is 1.63 bits per heavy atom. The Morgan fingerprint density at radius 1 is 1.00 bits per heavy atom. The Morgan fingerprint density at radius 3 is 2.26 bits per heavy atom. The quantitative estimate of drug-likeness (QED) is 0.857. The van der Waals surface area contributed by atoms with Gasteiger partial charge in [0.15, 0.2) is 0 Å². The minimum absolute atomic E-state index is 0.188. The first kappa shape index (κ1) is 14.1. The van der Waals surface area contributed by atoms with Gasteiger partial charge in [0.2, 0.25) is 0 Å². The first-order chi connectivity index (χ1) is 9.08. The average molecular weight is 320 g/mol. The summed E-state index contributed by atoms with van der Waals surface area (Å²) in [5.41, 5.74) is 3.11. The summed E-state index contributed by atoms with van der Waals surface area (Å²) in [6.07, 6.45) is -0.471. The van der Waals surface area contributed by atoms with E-state index in [-0.39, 0.29) is 6.04 Å². The highest BCUT2D eigenvalue weighted by Crippen LogP contribution is 2.27. The molecule has 0 saturated carbocycles. The van der Waals surface area contributed by atoms with Crippen LogP contribution in [0.25, 0.3) is 0 Å². The standard InChI is InChI=1S/C16H18BrNO/c1-11(13-7-9-14(17)10-8-13)18-16-6-4-3-5-15(16)12(2)19/h3-12,18-19H,1-2H3. The maximum atomic E-state index is 9.78. The number of para-hydroxylation sites is 1. The van der Waals surface area contributed by atoms with Crippen molar-refractivity contribution in [2.24, 2.45) is 0 Å². The fourth-order valence-electron chi connectivity index (χ4n) is 2.06. The lowest BCUT2D eigenvalue weighted by molar-refractivity contribution is 0.200. The normalized spacial score (nSPS) is 13.9. The number of hydrogen-bond donors (Lipinski definition) is 2. The van der Waals surface area contributed by atoms with Crippen LogP contribution in [0.4, 0.5) is 5.69 Å². The van der Waals surface area contributed by atoms with Crippen molar-refractivity contribution >= 4 is 21.6 Å². The molecule has 0 aliphatic heterocycles. The number of aliphatic hydroxyl groups is 1. The third-order valence-corrected chi connectivity index (χ3v) is 3.68. The van der Waals surface area contributed by atoms with E-state index >= 15 is 0 Å². The molecule has 0 aromatic heterocycles. The van der Waals surface area contributed by atoms with Crippen LogP contribution in [0.3, 0.4) is 0 Å². The van der Waals surface area contributed by atoms with Gasteiger partial charge >= 0.3 is 0 Å². The number of rotatable bonds is 4. The monoisotopic (exact) mass is 319 g/mol. The first-order valence-corrected chi connectivity index (χ1v) is 7.16. The van der Waals surface area contributed by atoms with E-state index in [4.69, 9.17) is 0 Å². The van der Waals surface area contributed by atoms with Crippen molar-refractivity contribution in [1.82, 2.24) is 0 Å². The minimum atomic E-state index is -0.471. The van der Waals surface area contributed by atoms with Gasteiger partial charge in [0.25, 0.3) is 0 Å². The van der Waals surface area contributed by atoms with Gasteiger partial charge in [0.1, 0.15) is 0 Å². The maximum Gasteiger partial charge on any atom is 0.0781 e. The molecule has 3 heteroatoms. The molecule has 2 aromatic rings. The van der Waals surface area contributed by atoms with Crippen molar-refractivity contribution in [3.63, 3.8) is 0 Å². The molecule has 100 valence electrons. The van der Waals surface area contributed by atoms with Crippen molar-refractivity contribution in [2.75, 3.05) is 5.32 Å². The third-order valence-electron chi connectivity index (χ3n) is 3.15. The van der Waals surface area contributed by atoms with E-state index in [1.54, 1.807) is 6.92 Å². The van der Waals surface area contributed by atoms with Gasteiger partial charge in [0.05, 0.1) is 6.10 Å². The van der Waals surface area contributed by atoms with Gasteiger partial charge in [-0.2, -0.15) is 0 Å². The van der Waals surface area contributed by atoms with Gasteiger partial charge in [-0.1, -0.05) is 46.3 Å². The molecule has 2 rings (SSSR count). The van der Waals surface area contributed by atoms with Crippen LogP contribution in [-0.2, 0) is 0 Å². The van der Waals surface area contributed by atoms with Crippen LogP contribution in [0.2, 0.25) is 0 Å². The van der Waals surface area contributed by atoms with Gasteiger partial charge in [-0.15, -0.1) is 0 Å². The average Bonchev–Trinajstić information content (AvgIpc) is 2.39. The second-order valence-corrected chi connectivity index (χ2v) is 5.60. The Bertz CT molecular complexity index is 537. The molecule has 19 heavy (non-hydrogen) atoms. The summed E-state index contributed by atoms with van der Waals surface area (Å²) < 4.78 is 1.08. The number of nitrogens with one attached hydrogen (secondary N) is 1. The summed E-state index contributed by atoms with van der Waals surface area (Å²) in [4.78, 5) is 0. The molecule has 2 unspecified atom stereocenters. The van der Waals surface area contributed by atoms with E-state index in [1.165, 1.54) is 5.56 Å². The van der Waals surface area contributed by atoms with Crippen LogP contribution in [0.15, 0.2) is 53.0 Å². The molecule has 0 heterocycles. The molecule has 0 bridgehead atoms. The maximum absolute atomic E-state index is 9.78. The molecule has 0 spiro atoms. The molecular formula is C16H18BrNO. The smallest absolute Gasteiger partial charge is 0.0781 e. The fourth-order valence-corrected chi connectivity index (χ4v) is 2.33. The SMILES string of the molecule is CC(O)c1ccccc1NC(C)c1ccc(Br)cc1. The van der Waals surface area contributed by atoms with Gasteiger partial charge < -0.3 is 10.4 Å². The van der Waals surface area contributed by atoms with Crippen LogP contribution in [0.5, 0.6) is 0 Å². The number of halogens is 1. The zero-order valence-corrected chi connectivity index (χ0v) is 12.7. The summed E-state index contributed by atoms with van der Waals surface area (Å²) in [7, 11) is 0. The summed E-state index contributed by atoms with van der Waals surface area (Å²) in [6, 6.07) is 16.3. The van der Waals surface area contributed by atoms with Gasteiger partial charge in [-0.3, -0.25) is 0 Å². The topological polar surface area (TPSA) is 32.3 Å². The molecule has 0 aliphatic carbocycles. The number of hydrogen-bond acceptors (Lipinski definition) is 2. The molecule has 0 amide bonds. The highest BCUT2D eigenvalue weighted by molar-refractivity contribution is 9.10. The number of aliphatic hydroxyl groups excluding tert-OH is 1. The van der Waals surface area contributed by atoms with E-state index < -0.39 is 6.10 Å². The predicted molar refractivity (Wildman–Crippen MR) is 83.3 cm³/mol. The Kier molecular flexibility index (Phi) is 4.61. The summed E-state index contributed by atoms with van der Waals surface area (Å²) in [5, 5.41) is 13.2. The highest BCUT2D eigenvalue weighted by Gasteiger charge is 2.10. The van der Waals surface area contributed by atoms with Crippen molar-refractivity contribution in [2.45, 2.75) is 26.0 Å². The van der Waals surface area contributed by atoms with Crippen LogP contribution < -0.4 is 5.32 Å². The van der Waals surface area contributed by atoms with Gasteiger partial charge in [-0.25, -0.2) is 0 Å². The third kappa shape index (κ3) is 3.58. The van der Waals surface area contributed by atoms with E-state index in [1.807, 2.05) is 36.4 Å². The van der Waals surface area contributed by atoms with E-state index in [9.17, 15) is 5.11 Å². The Labute approximate surface area is 122 Å². The van der Waals surface area contributed by atoms with E-state index in [0.717, 1.165) is 15.7 Å². The molecule has 2 N–H and O–H groups in total. The lowest BCUT2D eigenvalue weighted by Gasteiger charge is -2.19. The molecule has 2 atom stereocenters.